The number of nitrogens with two attached hydrogens (primary N) is 1. The Morgan fingerprint density at radius 3 is 2.55 bits per heavy atom. The van der Waals surface area contributed by atoms with Gasteiger partial charge in [-0.1, -0.05) is 37.6 Å². The van der Waals surface area contributed by atoms with Gasteiger partial charge in [0.2, 0.25) is 0 Å². The minimum Gasteiger partial charge on any atom is -0.356 e. The highest BCUT2D eigenvalue weighted by molar-refractivity contribution is 5.94. The number of hydrogen-bond acceptors (Lipinski definition) is 3. The maximum absolute atomic E-state index is 5.83. The van der Waals surface area contributed by atoms with Gasteiger partial charge < -0.3 is 10.6 Å². The van der Waals surface area contributed by atoms with E-state index in [1.165, 1.54) is 30.0 Å². The fourth-order valence-corrected chi connectivity index (χ4v) is 3.20. The van der Waals surface area contributed by atoms with Crippen molar-refractivity contribution in [3.63, 3.8) is 0 Å². The average Bonchev–Trinajstić information content (AvgIpc) is 2.54. The molecule has 0 unspecified atom stereocenters. The zero-order valence-corrected chi connectivity index (χ0v) is 12.2. The number of pyridine rings is 1. The summed E-state index contributed by atoms with van der Waals surface area (Å²) in [6.07, 6.45) is 5.81. The van der Waals surface area contributed by atoms with Crippen molar-refractivity contribution >= 4 is 16.6 Å². The van der Waals surface area contributed by atoms with Crippen LogP contribution in [0.15, 0.2) is 30.5 Å². The van der Waals surface area contributed by atoms with E-state index in [1.54, 1.807) is 0 Å². The summed E-state index contributed by atoms with van der Waals surface area (Å²) in [5.74, 6) is 2.02. The molecule has 106 valence electrons. The highest BCUT2D eigenvalue weighted by Gasteiger charge is 2.20. The van der Waals surface area contributed by atoms with Crippen LogP contribution in [0.5, 0.6) is 0 Å². The van der Waals surface area contributed by atoms with Gasteiger partial charge >= 0.3 is 0 Å². The van der Waals surface area contributed by atoms with E-state index in [1.807, 2.05) is 6.20 Å². The summed E-state index contributed by atoms with van der Waals surface area (Å²) < 4.78 is 0. The summed E-state index contributed by atoms with van der Waals surface area (Å²) in [5.41, 5.74) is 6.96. The van der Waals surface area contributed by atoms with E-state index >= 15 is 0 Å². The molecule has 20 heavy (non-hydrogen) atoms. The molecule has 1 aliphatic rings. The molecule has 1 aliphatic heterocycles. The minimum atomic E-state index is 0.547. The lowest BCUT2D eigenvalue weighted by molar-refractivity contribution is 0.394. The second kappa shape index (κ2) is 5.80. The second-order valence-electron chi connectivity index (χ2n) is 5.70. The van der Waals surface area contributed by atoms with Gasteiger partial charge in [0, 0.05) is 31.2 Å². The highest BCUT2D eigenvalue weighted by Crippen LogP contribution is 2.30. The van der Waals surface area contributed by atoms with Crippen molar-refractivity contribution in [2.75, 3.05) is 18.0 Å². The molecule has 0 amide bonds. The van der Waals surface area contributed by atoms with E-state index < -0.39 is 0 Å². The van der Waals surface area contributed by atoms with Gasteiger partial charge in [-0.15, -0.1) is 0 Å². The van der Waals surface area contributed by atoms with Crippen LogP contribution in [0.2, 0.25) is 0 Å². The van der Waals surface area contributed by atoms with Crippen molar-refractivity contribution < 1.29 is 0 Å². The summed E-state index contributed by atoms with van der Waals surface area (Å²) >= 11 is 0. The highest BCUT2D eigenvalue weighted by atomic mass is 15.2. The van der Waals surface area contributed by atoms with Crippen LogP contribution < -0.4 is 10.6 Å². The van der Waals surface area contributed by atoms with Crippen molar-refractivity contribution in [1.29, 1.82) is 0 Å². The van der Waals surface area contributed by atoms with Crippen LogP contribution in [0.4, 0.5) is 5.82 Å². The van der Waals surface area contributed by atoms with Crippen molar-refractivity contribution in [3.05, 3.63) is 36.0 Å². The van der Waals surface area contributed by atoms with E-state index in [-0.39, 0.29) is 0 Å². The first-order valence-electron chi connectivity index (χ1n) is 7.65. The van der Waals surface area contributed by atoms with Crippen molar-refractivity contribution in [2.24, 2.45) is 11.7 Å². The van der Waals surface area contributed by atoms with E-state index in [4.69, 9.17) is 10.7 Å². The molecule has 1 saturated heterocycles. The van der Waals surface area contributed by atoms with E-state index in [2.05, 4.69) is 36.1 Å². The number of rotatable bonds is 3. The molecule has 0 radical (unpaired) electrons. The molecule has 3 nitrogen and oxygen atoms in total. The smallest absolute Gasteiger partial charge is 0.136 e. The topological polar surface area (TPSA) is 42.2 Å². The quantitative estimate of drug-likeness (QED) is 0.929. The Hall–Kier alpha value is -1.61. The molecule has 1 fully saturated rings. The Morgan fingerprint density at radius 1 is 1.20 bits per heavy atom. The normalized spacial score (nSPS) is 16.8. The zero-order valence-electron chi connectivity index (χ0n) is 12.2. The molecule has 0 spiro atoms. The number of fused-ring (bicyclic) bond motifs is 1. The fourth-order valence-electron chi connectivity index (χ4n) is 3.20. The summed E-state index contributed by atoms with van der Waals surface area (Å²) in [6.45, 7) is 5.09. The molecule has 0 bridgehead atoms. The molecular formula is C17H23N3. The lowest BCUT2D eigenvalue weighted by atomic mass is 9.94. The third-order valence-corrected chi connectivity index (χ3v) is 4.57. The minimum absolute atomic E-state index is 0.547. The molecule has 0 aliphatic carbocycles. The third kappa shape index (κ3) is 2.38. The van der Waals surface area contributed by atoms with Crippen LogP contribution in [-0.2, 0) is 6.54 Å². The van der Waals surface area contributed by atoms with Crippen molar-refractivity contribution in [1.82, 2.24) is 4.98 Å². The molecule has 2 aromatic rings. The molecule has 2 N–H and O–H groups in total. The summed E-state index contributed by atoms with van der Waals surface area (Å²) in [5, 5.41) is 2.49. The van der Waals surface area contributed by atoms with Gasteiger partial charge in [0.25, 0.3) is 0 Å². The Labute approximate surface area is 120 Å². The molecule has 1 aromatic carbocycles. The number of piperidine rings is 1. The molecule has 2 heterocycles. The molecule has 0 saturated carbocycles. The SMILES string of the molecule is CCC1CCN(c2ncc(CN)c3ccccc23)CC1. The fraction of sp³-hybridized carbons (Fsp3) is 0.471. The molecule has 0 atom stereocenters. The van der Waals surface area contributed by atoms with E-state index in [9.17, 15) is 0 Å². The molecule has 1 aromatic heterocycles. The maximum atomic E-state index is 5.83. The van der Waals surface area contributed by atoms with E-state index in [0.29, 0.717) is 6.54 Å². The van der Waals surface area contributed by atoms with Gasteiger partial charge in [-0.3, -0.25) is 0 Å². The van der Waals surface area contributed by atoms with Gasteiger partial charge in [0.05, 0.1) is 0 Å². The Balaban J connectivity index is 1.96. The first-order valence-corrected chi connectivity index (χ1v) is 7.65. The van der Waals surface area contributed by atoms with Crippen LogP contribution in [-0.4, -0.2) is 18.1 Å². The van der Waals surface area contributed by atoms with Crippen LogP contribution in [0.3, 0.4) is 0 Å². The number of anilines is 1. The Morgan fingerprint density at radius 2 is 1.90 bits per heavy atom. The summed E-state index contributed by atoms with van der Waals surface area (Å²) in [7, 11) is 0. The largest absolute Gasteiger partial charge is 0.356 e. The predicted molar refractivity (Wildman–Crippen MR) is 84.9 cm³/mol. The number of aromatic nitrogens is 1. The maximum Gasteiger partial charge on any atom is 0.136 e. The van der Waals surface area contributed by atoms with Crippen molar-refractivity contribution in [3.8, 4) is 0 Å². The van der Waals surface area contributed by atoms with Crippen LogP contribution in [0, 0.1) is 5.92 Å². The lowest BCUT2D eigenvalue weighted by Gasteiger charge is -2.33. The summed E-state index contributed by atoms with van der Waals surface area (Å²) in [6, 6.07) is 8.49. The molecular weight excluding hydrogens is 246 g/mol. The standard InChI is InChI=1S/C17H23N3/c1-2-13-7-9-20(10-8-13)17-16-6-4-3-5-15(16)14(11-18)12-19-17/h3-6,12-13H,2,7-11,18H2,1H3. The van der Waals surface area contributed by atoms with Gasteiger partial charge in [-0.2, -0.15) is 0 Å². The first kappa shape index (κ1) is 13.4. The number of nitrogens with zero attached hydrogens (tertiary/aromatic N) is 2. The Bertz CT molecular complexity index is 586. The van der Waals surface area contributed by atoms with Crippen LogP contribution >= 0.6 is 0 Å². The average molecular weight is 269 g/mol. The van der Waals surface area contributed by atoms with Gasteiger partial charge in [-0.05, 0) is 29.7 Å². The van der Waals surface area contributed by atoms with Crippen molar-refractivity contribution in [2.45, 2.75) is 32.7 Å². The van der Waals surface area contributed by atoms with Gasteiger partial charge in [-0.25, -0.2) is 4.98 Å². The Kier molecular flexibility index (Phi) is 3.88. The first-order chi connectivity index (χ1) is 9.83. The van der Waals surface area contributed by atoms with Crippen LogP contribution in [0.1, 0.15) is 31.7 Å². The third-order valence-electron chi connectivity index (χ3n) is 4.57. The monoisotopic (exact) mass is 269 g/mol. The van der Waals surface area contributed by atoms with Crippen LogP contribution in [0.25, 0.3) is 10.8 Å². The zero-order chi connectivity index (χ0) is 13.9. The number of benzene rings is 1. The second-order valence-corrected chi connectivity index (χ2v) is 5.70. The number of hydrogen-bond donors (Lipinski definition) is 1. The van der Waals surface area contributed by atoms with Gasteiger partial charge in [0.1, 0.15) is 5.82 Å². The predicted octanol–water partition coefficient (Wildman–Crippen LogP) is 3.32. The van der Waals surface area contributed by atoms with E-state index in [0.717, 1.165) is 30.4 Å². The van der Waals surface area contributed by atoms with Gasteiger partial charge in [0.15, 0.2) is 0 Å². The molecule has 3 rings (SSSR count). The molecule has 3 heteroatoms. The lowest BCUT2D eigenvalue weighted by Crippen LogP contribution is -2.34. The summed E-state index contributed by atoms with van der Waals surface area (Å²) in [4.78, 5) is 7.14.